The van der Waals surface area contributed by atoms with Crippen LogP contribution in [-0.2, 0) is 4.79 Å². The Morgan fingerprint density at radius 3 is 3.05 bits per heavy atom. The van der Waals surface area contributed by atoms with E-state index in [2.05, 4.69) is 21.3 Å². The molecule has 6 heteroatoms. The molecule has 1 aliphatic rings. The maximum atomic E-state index is 12.1. The van der Waals surface area contributed by atoms with Gasteiger partial charge in [-0.3, -0.25) is 4.79 Å². The minimum absolute atomic E-state index is 0.0398. The number of rotatable bonds is 4. The van der Waals surface area contributed by atoms with E-state index in [1.54, 1.807) is 0 Å². The maximum absolute atomic E-state index is 12.1. The molecule has 118 valence electrons. The monoisotopic (exact) mass is 301 g/mol. The van der Waals surface area contributed by atoms with Crippen molar-refractivity contribution in [3.05, 3.63) is 22.9 Å². The number of hydrogen-bond donors (Lipinski definition) is 2. The second-order valence-electron chi connectivity index (χ2n) is 5.76. The van der Waals surface area contributed by atoms with Crippen molar-refractivity contribution in [3.8, 4) is 6.07 Å². The van der Waals surface area contributed by atoms with Gasteiger partial charge in [0, 0.05) is 31.9 Å². The molecular formula is C16H23N5O. The molecule has 0 aliphatic carbocycles. The lowest BCUT2D eigenvalue weighted by Gasteiger charge is -2.33. The predicted octanol–water partition coefficient (Wildman–Crippen LogP) is 0.861. The first-order chi connectivity index (χ1) is 10.6. The van der Waals surface area contributed by atoms with Crippen LogP contribution in [0.1, 0.15) is 29.7 Å². The van der Waals surface area contributed by atoms with E-state index in [-0.39, 0.29) is 11.8 Å². The summed E-state index contributed by atoms with van der Waals surface area (Å²) >= 11 is 0. The summed E-state index contributed by atoms with van der Waals surface area (Å²) in [6, 6.07) is 4.16. The van der Waals surface area contributed by atoms with Gasteiger partial charge in [0.1, 0.15) is 11.9 Å². The highest BCUT2D eigenvalue weighted by Gasteiger charge is 2.28. The summed E-state index contributed by atoms with van der Waals surface area (Å²) in [4.78, 5) is 18.7. The Kier molecular flexibility index (Phi) is 5.34. The number of nitriles is 1. The van der Waals surface area contributed by atoms with E-state index >= 15 is 0 Å². The van der Waals surface area contributed by atoms with Crippen LogP contribution in [0.3, 0.4) is 0 Å². The molecule has 6 nitrogen and oxygen atoms in total. The lowest BCUT2D eigenvalue weighted by atomic mass is 9.96. The second kappa shape index (κ2) is 7.23. The molecule has 1 aromatic heterocycles. The average Bonchev–Trinajstić information content (AvgIpc) is 2.52. The van der Waals surface area contributed by atoms with Crippen molar-refractivity contribution in [2.24, 2.45) is 11.7 Å². The third-order valence-corrected chi connectivity index (χ3v) is 3.97. The van der Waals surface area contributed by atoms with Crippen molar-refractivity contribution < 1.29 is 4.79 Å². The van der Waals surface area contributed by atoms with Gasteiger partial charge in [-0.2, -0.15) is 5.26 Å². The molecule has 1 unspecified atom stereocenters. The van der Waals surface area contributed by atoms with Crippen LogP contribution in [0.25, 0.3) is 0 Å². The fourth-order valence-electron chi connectivity index (χ4n) is 2.91. The lowest BCUT2D eigenvalue weighted by molar-refractivity contribution is -0.125. The Morgan fingerprint density at radius 2 is 2.36 bits per heavy atom. The summed E-state index contributed by atoms with van der Waals surface area (Å²) in [5, 5.41) is 12.3. The largest absolute Gasteiger partial charge is 0.355 e. The summed E-state index contributed by atoms with van der Waals surface area (Å²) < 4.78 is 0. The Hall–Kier alpha value is -2.13. The molecule has 2 rings (SSSR count). The highest BCUT2D eigenvalue weighted by Crippen LogP contribution is 2.26. The number of hydrogen-bond acceptors (Lipinski definition) is 5. The molecule has 2 heterocycles. The number of amides is 1. The predicted molar refractivity (Wildman–Crippen MR) is 85.4 cm³/mol. The SMILES string of the molecule is Cc1cc(C)c(C#N)c(N2CCCC(C(=O)NCCN)C2)n1. The van der Waals surface area contributed by atoms with Crippen LogP contribution in [-0.4, -0.2) is 37.1 Å². The molecule has 1 amide bonds. The maximum Gasteiger partial charge on any atom is 0.224 e. The van der Waals surface area contributed by atoms with E-state index in [9.17, 15) is 10.1 Å². The standard InChI is InChI=1S/C16H23N5O/c1-11-8-12(2)20-15(14(11)9-18)21-7-3-4-13(10-21)16(22)19-6-5-17/h8,13H,3-7,10,17H2,1-2H3,(H,19,22). The summed E-state index contributed by atoms with van der Waals surface area (Å²) in [5.74, 6) is 0.670. The van der Waals surface area contributed by atoms with Crippen molar-refractivity contribution in [2.45, 2.75) is 26.7 Å². The minimum Gasteiger partial charge on any atom is -0.355 e. The fourth-order valence-corrected chi connectivity index (χ4v) is 2.91. The molecule has 0 saturated carbocycles. The molecule has 0 bridgehead atoms. The average molecular weight is 301 g/mol. The first-order valence-corrected chi connectivity index (χ1v) is 7.68. The molecule has 1 saturated heterocycles. The van der Waals surface area contributed by atoms with Crippen LogP contribution in [0.5, 0.6) is 0 Å². The molecule has 22 heavy (non-hydrogen) atoms. The van der Waals surface area contributed by atoms with Gasteiger partial charge in [0.15, 0.2) is 0 Å². The van der Waals surface area contributed by atoms with E-state index in [1.807, 2.05) is 19.9 Å². The van der Waals surface area contributed by atoms with Gasteiger partial charge in [-0.25, -0.2) is 4.98 Å². The number of anilines is 1. The van der Waals surface area contributed by atoms with Crippen molar-refractivity contribution in [1.82, 2.24) is 10.3 Å². The second-order valence-corrected chi connectivity index (χ2v) is 5.76. The Morgan fingerprint density at radius 1 is 1.59 bits per heavy atom. The molecule has 0 radical (unpaired) electrons. The first-order valence-electron chi connectivity index (χ1n) is 7.68. The molecule has 0 spiro atoms. The zero-order chi connectivity index (χ0) is 16.1. The topological polar surface area (TPSA) is 95.0 Å². The summed E-state index contributed by atoms with van der Waals surface area (Å²) in [6.45, 7) is 6.21. The van der Waals surface area contributed by atoms with Gasteiger partial charge in [0.05, 0.1) is 11.5 Å². The van der Waals surface area contributed by atoms with Crippen LogP contribution < -0.4 is 16.0 Å². The molecule has 0 aromatic carbocycles. The van der Waals surface area contributed by atoms with Gasteiger partial charge in [-0.05, 0) is 38.3 Å². The zero-order valence-corrected chi connectivity index (χ0v) is 13.2. The smallest absolute Gasteiger partial charge is 0.224 e. The number of carbonyl (C=O) groups is 1. The van der Waals surface area contributed by atoms with Gasteiger partial charge in [0.2, 0.25) is 5.91 Å². The third-order valence-electron chi connectivity index (χ3n) is 3.97. The van der Waals surface area contributed by atoms with Crippen molar-refractivity contribution in [3.63, 3.8) is 0 Å². The molecular weight excluding hydrogens is 278 g/mol. The van der Waals surface area contributed by atoms with Gasteiger partial charge in [-0.15, -0.1) is 0 Å². The lowest BCUT2D eigenvalue weighted by Crippen LogP contribution is -2.44. The van der Waals surface area contributed by atoms with Crippen LogP contribution in [0.4, 0.5) is 5.82 Å². The van der Waals surface area contributed by atoms with E-state index < -0.39 is 0 Å². The number of aryl methyl sites for hydroxylation is 2. The van der Waals surface area contributed by atoms with E-state index in [0.717, 1.165) is 30.6 Å². The van der Waals surface area contributed by atoms with Crippen LogP contribution in [0.2, 0.25) is 0 Å². The number of nitrogens with one attached hydrogen (secondary N) is 1. The fraction of sp³-hybridized carbons (Fsp3) is 0.562. The third kappa shape index (κ3) is 3.55. The highest BCUT2D eigenvalue weighted by molar-refractivity contribution is 5.79. The summed E-state index contributed by atoms with van der Waals surface area (Å²) in [7, 11) is 0. The van der Waals surface area contributed by atoms with Gasteiger partial charge in [0.25, 0.3) is 0 Å². The first kappa shape index (κ1) is 16.2. The molecule has 3 N–H and O–H groups in total. The van der Waals surface area contributed by atoms with E-state index in [1.165, 1.54) is 0 Å². The highest BCUT2D eigenvalue weighted by atomic mass is 16.1. The Balaban J connectivity index is 2.19. The summed E-state index contributed by atoms with van der Waals surface area (Å²) in [5.41, 5.74) is 7.85. The van der Waals surface area contributed by atoms with E-state index in [0.29, 0.717) is 31.0 Å². The molecule has 1 atom stereocenters. The van der Waals surface area contributed by atoms with Crippen LogP contribution in [0, 0.1) is 31.1 Å². The summed E-state index contributed by atoms with van der Waals surface area (Å²) in [6.07, 6.45) is 1.78. The van der Waals surface area contributed by atoms with Crippen molar-refractivity contribution in [1.29, 1.82) is 5.26 Å². The van der Waals surface area contributed by atoms with Gasteiger partial charge in [-0.1, -0.05) is 0 Å². The normalized spacial score (nSPS) is 17.9. The number of piperidine rings is 1. The number of nitrogens with zero attached hydrogens (tertiary/aromatic N) is 3. The molecule has 1 aromatic rings. The van der Waals surface area contributed by atoms with Crippen LogP contribution >= 0.6 is 0 Å². The quantitative estimate of drug-likeness (QED) is 0.860. The Bertz CT molecular complexity index is 593. The van der Waals surface area contributed by atoms with E-state index in [4.69, 9.17) is 5.73 Å². The number of pyridine rings is 1. The van der Waals surface area contributed by atoms with Crippen molar-refractivity contribution in [2.75, 3.05) is 31.1 Å². The van der Waals surface area contributed by atoms with Gasteiger partial charge >= 0.3 is 0 Å². The number of carbonyl (C=O) groups excluding carboxylic acids is 1. The minimum atomic E-state index is -0.0746. The molecule has 1 aliphatic heterocycles. The Labute approximate surface area is 131 Å². The van der Waals surface area contributed by atoms with Crippen molar-refractivity contribution >= 4 is 11.7 Å². The zero-order valence-electron chi connectivity index (χ0n) is 13.2. The molecule has 1 fully saturated rings. The number of nitrogens with two attached hydrogens (primary N) is 1. The van der Waals surface area contributed by atoms with Gasteiger partial charge < -0.3 is 16.0 Å². The van der Waals surface area contributed by atoms with Crippen LogP contribution in [0.15, 0.2) is 6.07 Å². The number of aromatic nitrogens is 1.